The van der Waals surface area contributed by atoms with Crippen molar-refractivity contribution in [3.05, 3.63) is 71.3 Å². The van der Waals surface area contributed by atoms with Gasteiger partial charge in [-0.05, 0) is 43.1 Å². The fourth-order valence-corrected chi connectivity index (χ4v) is 4.44. The van der Waals surface area contributed by atoms with Crippen LogP contribution in [0.3, 0.4) is 0 Å². The van der Waals surface area contributed by atoms with Crippen molar-refractivity contribution in [2.75, 3.05) is 18.8 Å². The lowest BCUT2D eigenvalue weighted by atomic mass is 10.1. The van der Waals surface area contributed by atoms with Crippen LogP contribution < -0.4 is 16.4 Å². The zero-order chi connectivity index (χ0) is 26.2. The van der Waals surface area contributed by atoms with E-state index in [-0.39, 0.29) is 18.2 Å². The first-order valence-electron chi connectivity index (χ1n) is 11.7. The topological polar surface area (TPSA) is 111 Å². The second kappa shape index (κ2) is 9.77. The number of halogens is 4. The number of rotatable bonds is 5. The third-order valence-electron chi connectivity index (χ3n) is 6.35. The standard InChI is InChI=1S/C25H23F4N7O/c26-19-8-7-16(10-18(19)25(27,28)29)24(37)32-11-14-3-5-15(6-4-14)21-20-22(30)33-13-34-23(20)36(35-21)17-2-1-9-31-12-17/h3-8,10,13,17,31H,1-2,9,11-12H2,(H,32,37)(H2,30,33,34)/t17-/m1/s1. The predicted molar refractivity (Wildman–Crippen MR) is 129 cm³/mol. The maximum atomic E-state index is 13.5. The lowest BCUT2D eigenvalue weighted by Gasteiger charge is -2.23. The van der Waals surface area contributed by atoms with E-state index in [0.717, 1.165) is 37.6 Å². The van der Waals surface area contributed by atoms with E-state index in [9.17, 15) is 22.4 Å². The highest BCUT2D eigenvalue weighted by atomic mass is 19.4. The lowest BCUT2D eigenvalue weighted by molar-refractivity contribution is -0.140. The molecule has 5 rings (SSSR count). The highest BCUT2D eigenvalue weighted by Gasteiger charge is 2.34. The number of nitrogens with two attached hydrogens (primary N) is 1. The second-order valence-corrected chi connectivity index (χ2v) is 8.82. The Morgan fingerprint density at radius 2 is 1.95 bits per heavy atom. The molecule has 12 heteroatoms. The maximum Gasteiger partial charge on any atom is 0.419 e. The Morgan fingerprint density at radius 1 is 1.16 bits per heavy atom. The minimum Gasteiger partial charge on any atom is -0.383 e. The average molecular weight is 513 g/mol. The molecule has 0 radical (unpaired) electrons. The summed E-state index contributed by atoms with van der Waals surface area (Å²) in [7, 11) is 0. The van der Waals surface area contributed by atoms with E-state index in [0.29, 0.717) is 40.2 Å². The van der Waals surface area contributed by atoms with Gasteiger partial charge in [-0.3, -0.25) is 4.79 Å². The molecule has 1 amide bonds. The number of hydrogen-bond acceptors (Lipinski definition) is 6. The number of nitrogens with zero attached hydrogens (tertiary/aromatic N) is 4. The number of anilines is 1. The summed E-state index contributed by atoms with van der Waals surface area (Å²) in [4.78, 5) is 20.9. The fraction of sp³-hybridized carbons (Fsp3) is 0.280. The summed E-state index contributed by atoms with van der Waals surface area (Å²) in [5.41, 5.74) is 7.20. The monoisotopic (exact) mass is 513 g/mol. The first kappa shape index (κ1) is 24.6. The van der Waals surface area contributed by atoms with Gasteiger partial charge in [0.05, 0.1) is 17.0 Å². The summed E-state index contributed by atoms with van der Waals surface area (Å²) in [6, 6.07) is 9.47. The molecule has 4 aromatic rings. The zero-order valence-corrected chi connectivity index (χ0v) is 19.5. The van der Waals surface area contributed by atoms with E-state index >= 15 is 0 Å². The molecule has 3 heterocycles. The van der Waals surface area contributed by atoms with E-state index in [1.54, 1.807) is 12.1 Å². The smallest absolute Gasteiger partial charge is 0.383 e. The highest BCUT2D eigenvalue weighted by molar-refractivity contribution is 5.98. The molecular weight excluding hydrogens is 490 g/mol. The molecule has 2 aromatic heterocycles. The number of alkyl halides is 3. The van der Waals surface area contributed by atoms with Crippen molar-refractivity contribution < 1.29 is 22.4 Å². The Bertz CT molecular complexity index is 1440. The summed E-state index contributed by atoms with van der Waals surface area (Å²) < 4.78 is 54.3. The first-order valence-corrected chi connectivity index (χ1v) is 11.7. The van der Waals surface area contributed by atoms with Gasteiger partial charge in [-0.15, -0.1) is 0 Å². The van der Waals surface area contributed by atoms with Gasteiger partial charge in [0.1, 0.15) is 23.7 Å². The van der Waals surface area contributed by atoms with E-state index in [1.807, 2.05) is 16.8 Å². The van der Waals surface area contributed by atoms with Crippen LogP contribution in [0.5, 0.6) is 0 Å². The lowest BCUT2D eigenvalue weighted by Crippen LogP contribution is -2.32. The van der Waals surface area contributed by atoms with E-state index in [4.69, 9.17) is 10.8 Å². The van der Waals surface area contributed by atoms with Gasteiger partial charge in [0.25, 0.3) is 5.91 Å². The SMILES string of the molecule is Nc1ncnc2c1c(-c1ccc(CNC(=O)c3ccc(F)c(C(F)(F)F)c3)cc1)nn2[C@@H]1CCCNC1. The van der Waals surface area contributed by atoms with Crippen LogP contribution in [-0.2, 0) is 12.7 Å². The van der Waals surface area contributed by atoms with E-state index < -0.39 is 23.5 Å². The Labute approximate surface area is 208 Å². The molecule has 1 saturated heterocycles. The van der Waals surface area contributed by atoms with Crippen molar-refractivity contribution in [2.24, 2.45) is 0 Å². The Balaban J connectivity index is 1.35. The third kappa shape index (κ3) is 4.96. The first-order chi connectivity index (χ1) is 17.7. The number of carbonyl (C=O) groups is 1. The molecule has 37 heavy (non-hydrogen) atoms. The van der Waals surface area contributed by atoms with Crippen molar-refractivity contribution >= 4 is 22.8 Å². The molecule has 8 nitrogen and oxygen atoms in total. The number of benzene rings is 2. The van der Waals surface area contributed by atoms with Crippen molar-refractivity contribution in [2.45, 2.75) is 31.6 Å². The molecule has 0 aliphatic carbocycles. The zero-order valence-electron chi connectivity index (χ0n) is 19.5. The second-order valence-electron chi connectivity index (χ2n) is 8.82. The van der Waals surface area contributed by atoms with Crippen LogP contribution in [0.25, 0.3) is 22.3 Å². The highest BCUT2D eigenvalue weighted by Crippen LogP contribution is 2.33. The van der Waals surface area contributed by atoms with Gasteiger partial charge < -0.3 is 16.4 Å². The minimum atomic E-state index is -4.89. The van der Waals surface area contributed by atoms with Crippen LogP contribution in [0.4, 0.5) is 23.4 Å². The molecule has 0 saturated carbocycles. The van der Waals surface area contributed by atoms with Gasteiger partial charge in [0, 0.05) is 24.2 Å². The summed E-state index contributed by atoms with van der Waals surface area (Å²) in [5, 5.41) is 11.4. The predicted octanol–water partition coefficient (Wildman–Crippen LogP) is 4.09. The van der Waals surface area contributed by atoms with E-state index in [1.165, 1.54) is 6.33 Å². The molecule has 1 aliphatic heterocycles. The maximum absolute atomic E-state index is 13.5. The summed E-state index contributed by atoms with van der Waals surface area (Å²) in [6.07, 6.45) is -1.49. The van der Waals surface area contributed by atoms with Crippen molar-refractivity contribution in [3.8, 4) is 11.3 Å². The minimum absolute atomic E-state index is 0.0615. The van der Waals surface area contributed by atoms with Crippen LogP contribution in [-0.4, -0.2) is 38.7 Å². The van der Waals surface area contributed by atoms with Crippen molar-refractivity contribution in [1.82, 2.24) is 30.4 Å². The number of hydrogen-bond donors (Lipinski definition) is 3. The fourth-order valence-electron chi connectivity index (χ4n) is 4.44. The average Bonchev–Trinajstić information content (AvgIpc) is 3.29. The number of fused-ring (bicyclic) bond motifs is 1. The molecule has 1 atom stereocenters. The van der Waals surface area contributed by atoms with Crippen LogP contribution in [0.1, 0.15) is 40.4 Å². The molecule has 0 unspecified atom stereocenters. The van der Waals surface area contributed by atoms with Crippen molar-refractivity contribution in [3.63, 3.8) is 0 Å². The normalized spacial score (nSPS) is 16.2. The number of aromatic nitrogens is 4. The Kier molecular flexibility index (Phi) is 6.50. The van der Waals surface area contributed by atoms with Gasteiger partial charge in [0.15, 0.2) is 5.65 Å². The molecule has 192 valence electrons. The molecule has 1 aliphatic rings. The summed E-state index contributed by atoms with van der Waals surface area (Å²) in [6.45, 7) is 1.80. The van der Waals surface area contributed by atoms with Gasteiger partial charge in [-0.25, -0.2) is 19.0 Å². The Morgan fingerprint density at radius 3 is 2.65 bits per heavy atom. The van der Waals surface area contributed by atoms with Gasteiger partial charge in [0.2, 0.25) is 0 Å². The number of piperidine rings is 1. The van der Waals surface area contributed by atoms with Crippen LogP contribution in [0.2, 0.25) is 0 Å². The largest absolute Gasteiger partial charge is 0.419 e. The van der Waals surface area contributed by atoms with E-state index in [2.05, 4.69) is 20.6 Å². The van der Waals surface area contributed by atoms with Crippen LogP contribution in [0, 0.1) is 5.82 Å². The number of amides is 1. The molecule has 0 bridgehead atoms. The molecule has 0 spiro atoms. The Hall–Kier alpha value is -4.06. The summed E-state index contributed by atoms with van der Waals surface area (Å²) >= 11 is 0. The molecule has 1 fully saturated rings. The van der Waals surface area contributed by atoms with Crippen LogP contribution in [0.15, 0.2) is 48.8 Å². The molecule has 4 N–H and O–H groups in total. The number of carbonyl (C=O) groups excluding carboxylic acids is 1. The number of nitrogen functional groups attached to an aromatic ring is 1. The van der Waals surface area contributed by atoms with Gasteiger partial charge >= 0.3 is 6.18 Å². The third-order valence-corrected chi connectivity index (χ3v) is 6.35. The molecule has 2 aromatic carbocycles. The van der Waals surface area contributed by atoms with Gasteiger partial charge in [-0.2, -0.15) is 18.3 Å². The van der Waals surface area contributed by atoms with Crippen LogP contribution >= 0.6 is 0 Å². The quantitative estimate of drug-likeness (QED) is 0.347. The van der Waals surface area contributed by atoms with Crippen molar-refractivity contribution in [1.29, 1.82) is 0 Å². The summed E-state index contributed by atoms with van der Waals surface area (Å²) in [5.74, 6) is -1.85. The number of nitrogens with one attached hydrogen (secondary N) is 2. The molecular formula is C25H23F4N7O. The van der Waals surface area contributed by atoms with Gasteiger partial charge in [-0.1, -0.05) is 24.3 Å².